The monoisotopic (exact) mass is 279 g/mol. The first-order valence-electron chi connectivity index (χ1n) is 5.42. The van der Waals surface area contributed by atoms with Crippen LogP contribution in [0.5, 0.6) is 0 Å². The van der Waals surface area contributed by atoms with E-state index in [-0.39, 0.29) is 12.2 Å². The van der Waals surface area contributed by atoms with Crippen LogP contribution in [0.15, 0.2) is 29.2 Å². The Labute approximate surface area is 105 Å². The standard InChI is InChI=1S/C11H15F2NO3S/c1-2-8(15)7-14-9-5-3-4-6-10(9)18(16,17)11(12)13/h3-6,8,11,14-15H,2,7H2,1H3. The molecule has 0 heterocycles. The van der Waals surface area contributed by atoms with Crippen LogP contribution in [0.1, 0.15) is 13.3 Å². The van der Waals surface area contributed by atoms with E-state index in [1.54, 1.807) is 6.92 Å². The lowest BCUT2D eigenvalue weighted by atomic mass is 10.2. The summed E-state index contributed by atoms with van der Waals surface area (Å²) in [5.41, 5.74) is 0.0744. The number of rotatable bonds is 6. The quantitative estimate of drug-likeness (QED) is 0.834. The predicted molar refractivity (Wildman–Crippen MR) is 64.4 cm³/mol. The highest BCUT2D eigenvalue weighted by atomic mass is 32.2. The number of anilines is 1. The maximum atomic E-state index is 12.5. The van der Waals surface area contributed by atoms with E-state index in [0.29, 0.717) is 6.42 Å². The van der Waals surface area contributed by atoms with Crippen LogP contribution in [0.3, 0.4) is 0 Å². The van der Waals surface area contributed by atoms with E-state index < -0.39 is 26.6 Å². The second kappa shape index (κ2) is 6.10. The first-order chi connectivity index (χ1) is 8.39. The molecule has 0 fully saturated rings. The Morgan fingerprint density at radius 1 is 1.33 bits per heavy atom. The molecule has 0 spiro atoms. The number of aliphatic hydroxyl groups is 1. The number of aliphatic hydroxyl groups excluding tert-OH is 1. The highest BCUT2D eigenvalue weighted by Gasteiger charge is 2.28. The van der Waals surface area contributed by atoms with Crippen molar-refractivity contribution in [3.8, 4) is 0 Å². The Balaban J connectivity index is 3.01. The van der Waals surface area contributed by atoms with E-state index >= 15 is 0 Å². The fourth-order valence-corrected chi connectivity index (χ4v) is 2.24. The summed E-state index contributed by atoms with van der Waals surface area (Å²) in [7, 11) is -4.64. The molecule has 0 saturated carbocycles. The van der Waals surface area contributed by atoms with Crippen LogP contribution in [0, 0.1) is 0 Å². The van der Waals surface area contributed by atoms with Gasteiger partial charge in [0.05, 0.1) is 16.7 Å². The Kier molecular flexibility index (Phi) is 5.03. The van der Waals surface area contributed by atoms with Crippen molar-refractivity contribution in [3.05, 3.63) is 24.3 Å². The average Bonchev–Trinajstić information content (AvgIpc) is 2.35. The lowest BCUT2D eigenvalue weighted by Crippen LogP contribution is -2.20. The lowest BCUT2D eigenvalue weighted by Gasteiger charge is -2.14. The third-order valence-electron chi connectivity index (χ3n) is 2.43. The minimum absolute atomic E-state index is 0.0744. The smallest absolute Gasteiger partial charge is 0.341 e. The fraction of sp³-hybridized carbons (Fsp3) is 0.455. The molecule has 102 valence electrons. The van der Waals surface area contributed by atoms with Crippen LogP contribution in [0.2, 0.25) is 0 Å². The Bertz CT molecular complexity index is 491. The molecular weight excluding hydrogens is 264 g/mol. The zero-order valence-electron chi connectivity index (χ0n) is 9.81. The maximum absolute atomic E-state index is 12.5. The summed E-state index contributed by atoms with van der Waals surface area (Å²) in [6.45, 7) is 1.86. The van der Waals surface area contributed by atoms with Gasteiger partial charge >= 0.3 is 5.76 Å². The van der Waals surface area contributed by atoms with Gasteiger partial charge in [-0.15, -0.1) is 0 Å². The van der Waals surface area contributed by atoms with Gasteiger partial charge in [-0.1, -0.05) is 19.1 Å². The van der Waals surface area contributed by atoms with Crippen molar-refractivity contribution < 1.29 is 22.3 Å². The average molecular weight is 279 g/mol. The van der Waals surface area contributed by atoms with Crippen molar-refractivity contribution in [2.75, 3.05) is 11.9 Å². The molecule has 1 aromatic carbocycles. The third kappa shape index (κ3) is 3.39. The summed E-state index contributed by atoms with van der Waals surface area (Å²) in [4.78, 5) is -0.455. The van der Waals surface area contributed by atoms with Crippen LogP contribution in [0.4, 0.5) is 14.5 Å². The molecule has 4 nitrogen and oxygen atoms in total. The molecule has 1 rings (SSSR count). The Morgan fingerprint density at radius 3 is 2.50 bits per heavy atom. The first kappa shape index (κ1) is 14.8. The highest BCUT2D eigenvalue weighted by Crippen LogP contribution is 2.25. The topological polar surface area (TPSA) is 66.4 Å². The van der Waals surface area contributed by atoms with E-state index in [1.807, 2.05) is 0 Å². The zero-order chi connectivity index (χ0) is 13.8. The zero-order valence-corrected chi connectivity index (χ0v) is 10.6. The normalized spacial score (nSPS) is 13.6. The first-order valence-corrected chi connectivity index (χ1v) is 6.97. The summed E-state index contributed by atoms with van der Waals surface area (Å²) < 4.78 is 47.8. The van der Waals surface area contributed by atoms with Gasteiger partial charge in [0.2, 0.25) is 9.84 Å². The SMILES string of the molecule is CCC(O)CNc1ccccc1S(=O)(=O)C(F)F. The predicted octanol–water partition coefficient (Wildman–Crippen LogP) is 1.87. The second-order valence-electron chi connectivity index (χ2n) is 3.74. The fourth-order valence-electron chi connectivity index (χ4n) is 1.33. The summed E-state index contributed by atoms with van der Waals surface area (Å²) in [6.07, 6.45) is -0.177. The maximum Gasteiger partial charge on any atom is 0.341 e. The molecule has 0 radical (unpaired) electrons. The summed E-state index contributed by atoms with van der Waals surface area (Å²) in [5, 5.41) is 12.0. The number of alkyl halides is 2. The highest BCUT2D eigenvalue weighted by molar-refractivity contribution is 7.91. The van der Waals surface area contributed by atoms with Gasteiger partial charge in [0.15, 0.2) is 0 Å². The van der Waals surface area contributed by atoms with Gasteiger partial charge in [-0.3, -0.25) is 0 Å². The second-order valence-corrected chi connectivity index (χ2v) is 5.63. The molecule has 0 aliphatic carbocycles. The molecule has 0 amide bonds. The molecule has 7 heteroatoms. The minimum atomic E-state index is -4.64. The Morgan fingerprint density at radius 2 is 1.94 bits per heavy atom. The third-order valence-corrected chi connectivity index (χ3v) is 3.87. The van der Waals surface area contributed by atoms with Crippen molar-refractivity contribution in [2.24, 2.45) is 0 Å². The number of benzene rings is 1. The van der Waals surface area contributed by atoms with Gasteiger partial charge in [-0.25, -0.2) is 8.42 Å². The van der Waals surface area contributed by atoms with Gasteiger partial charge in [-0.05, 0) is 18.6 Å². The van der Waals surface area contributed by atoms with Gasteiger partial charge < -0.3 is 10.4 Å². The summed E-state index contributed by atoms with van der Waals surface area (Å²) in [6, 6.07) is 5.40. The number of halogens is 2. The van der Waals surface area contributed by atoms with E-state index in [1.165, 1.54) is 18.2 Å². The van der Waals surface area contributed by atoms with Crippen molar-refractivity contribution in [1.29, 1.82) is 0 Å². The lowest BCUT2D eigenvalue weighted by molar-refractivity contribution is 0.183. The van der Waals surface area contributed by atoms with E-state index in [2.05, 4.69) is 5.32 Å². The van der Waals surface area contributed by atoms with Gasteiger partial charge in [0.25, 0.3) is 0 Å². The van der Waals surface area contributed by atoms with Crippen LogP contribution in [-0.4, -0.2) is 31.9 Å². The van der Waals surface area contributed by atoms with Crippen LogP contribution >= 0.6 is 0 Å². The molecule has 18 heavy (non-hydrogen) atoms. The molecule has 0 aromatic heterocycles. The number of para-hydroxylation sites is 1. The summed E-state index contributed by atoms with van der Waals surface area (Å²) in [5.74, 6) is -3.46. The molecule has 1 atom stereocenters. The van der Waals surface area contributed by atoms with Crippen molar-refractivity contribution >= 4 is 15.5 Å². The van der Waals surface area contributed by atoms with Crippen LogP contribution < -0.4 is 5.32 Å². The largest absolute Gasteiger partial charge is 0.391 e. The molecule has 1 unspecified atom stereocenters. The molecule has 0 saturated heterocycles. The van der Waals surface area contributed by atoms with Gasteiger partial charge in [0.1, 0.15) is 0 Å². The van der Waals surface area contributed by atoms with Crippen molar-refractivity contribution in [2.45, 2.75) is 30.1 Å². The van der Waals surface area contributed by atoms with Crippen LogP contribution in [-0.2, 0) is 9.84 Å². The number of sulfone groups is 1. The molecular formula is C11H15F2NO3S. The van der Waals surface area contributed by atoms with Crippen LogP contribution in [0.25, 0.3) is 0 Å². The number of hydrogen-bond donors (Lipinski definition) is 2. The van der Waals surface area contributed by atoms with E-state index in [4.69, 9.17) is 0 Å². The molecule has 0 aliphatic rings. The number of nitrogens with one attached hydrogen (secondary N) is 1. The van der Waals surface area contributed by atoms with Gasteiger partial charge in [-0.2, -0.15) is 8.78 Å². The van der Waals surface area contributed by atoms with Crippen molar-refractivity contribution in [3.63, 3.8) is 0 Å². The molecule has 2 N–H and O–H groups in total. The number of hydrogen-bond acceptors (Lipinski definition) is 4. The van der Waals surface area contributed by atoms with Crippen molar-refractivity contribution in [1.82, 2.24) is 0 Å². The minimum Gasteiger partial charge on any atom is -0.391 e. The van der Waals surface area contributed by atoms with E-state index in [0.717, 1.165) is 6.07 Å². The van der Waals surface area contributed by atoms with Gasteiger partial charge in [0, 0.05) is 6.54 Å². The Hall–Kier alpha value is -1.21. The summed E-state index contributed by atoms with van der Waals surface area (Å²) >= 11 is 0. The molecule has 1 aromatic rings. The van der Waals surface area contributed by atoms with E-state index in [9.17, 15) is 22.3 Å². The molecule has 0 bridgehead atoms. The molecule has 0 aliphatic heterocycles.